The summed E-state index contributed by atoms with van der Waals surface area (Å²) in [5.74, 6) is 0.548. The maximum atomic E-state index is 11.5. The van der Waals surface area contributed by atoms with Crippen LogP contribution in [0.1, 0.15) is 6.42 Å². The number of nitrogens with zero attached hydrogens (tertiary/aromatic N) is 4. The molecule has 19 heavy (non-hydrogen) atoms. The first kappa shape index (κ1) is 11.7. The number of hydrogen-bond acceptors (Lipinski definition) is 7. The van der Waals surface area contributed by atoms with Crippen molar-refractivity contribution in [3.8, 4) is 0 Å². The second kappa shape index (κ2) is 4.38. The zero-order chi connectivity index (χ0) is 13.4. The summed E-state index contributed by atoms with van der Waals surface area (Å²) < 4.78 is 4.77. The largest absolute Gasteiger partial charge is 0.469 e. The number of nitrogens with two attached hydrogens (primary N) is 1. The fraction of sp³-hybridized carbons (Fsp3) is 0.455. The zero-order valence-corrected chi connectivity index (χ0v) is 10.5. The second-order valence-corrected chi connectivity index (χ2v) is 4.46. The molecule has 1 unspecified atom stereocenters. The van der Waals surface area contributed by atoms with Gasteiger partial charge in [-0.3, -0.25) is 4.79 Å². The van der Waals surface area contributed by atoms with Crippen molar-refractivity contribution in [3.05, 3.63) is 6.33 Å². The van der Waals surface area contributed by atoms with E-state index in [1.54, 1.807) is 6.33 Å². The molecule has 0 radical (unpaired) electrons. The molecule has 0 saturated carbocycles. The number of carbonyl (C=O) groups excluding carboxylic acids is 1. The van der Waals surface area contributed by atoms with Crippen LogP contribution in [0.2, 0.25) is 0 Å². The minimum atomic E-state index is -0.189. The van der Waals surface area contributed by atoms with Crippen molar-refractivity contribution >= 4 is 28.9 Å². The maximum absolute atomic E-state index is 11.5. The third-order valence-electron chi connectivity index (χ3n) is 3.31. The van der Waals surface area contributed by atoms with Crippen molar-refractivity contribution in [1.82, 2.24) is 19.9 Å². The molecule has 2 aromatic heterocycles. The smallest absolute Gasteiger partial charge is 0.310 e. The first-order chi connectivity index (χ1) is 9.19. The molecule has 0 aliphatic carbocycles. The van der Waals surface area contributed by atoms with Crippen molar-refractivity contribution in [3.63, 3.8) is 0 Å². The van der Waals surface area contributed by atoms with Crippen molar-refractivity contribution in [1.29, 1.82) is 0 Å². The fourth-order valence-corrected chi connectivity index (χ4v) is 2.37. The number of H-pyrrole nitrogens is 1. The van der Waals surface area contributed by atoms with Crippen molar-refractivity contribution in [2.75, 3.05) is 30.8 Å². The van der Waals surface area contributed by atoms with Crippen LogP contribution in [0.25, 0.3) is 11.2 Å². The fourth-order valence-electron chi connectivity index (χ4n) is 2.37. The Morgan fingerprint density at radius 2 is 2.42 bits per heavy atom. The van der Waals surface area contributed by atoms with Gasteiger partial charge in [0.05, 0.1) is 19.4 Å². The lowest BCUT2D eigenvalue weighted by Gasteiger charge is -2.17. The van der Waals surface area contributed by atoms with Crippen LogP contribution < -0.4 is 10.6 Å². The van der Waals surface area contributed by atoms with Crippen molar-refractivity contribution in [2.45, 2.75) is 6.42 Å². The van der Waals surface area contributed by atoms with Crippen molar-refractivity contribution < 1.29 is 9.53 Å². The zero-order valence-electron chi connectivity index (χ0n) is 10.5. The number of anilines is 2. The van der Waals surface area contributed by atoms with Gasteiger partial charge in [-0.2, -0.15) is 9.97 Å². The van der Waals surface area contributed by atoms with E-state index in [1.165, 1.54) is 7.11 Å². The number of aromatic nitrogens is 4. The van der Waals surface area contributed by atoms with E-state index in [4.69, 9.17) is 10.5 Å². The standard InChI is InChI=1S/C11H14N6O2/c1-19-10(18)6-2-3-17(4-6)9-7-8(14-5-13-7)15-11(12)16-9/h5-6H,2-4H2,1H3,(H3,12,13,14,15,16). The van der Waals surface area contributed by atoms with Gasteiger partial charge in [-0.25, -0.2) is 4.98 Å². The second-order valence-electron chi connectivity index (χ2n) is 4.46. The Balaban J connectivity index is 1.93. The van der Waals surface area contributed by atoms with E-state index < -0.39 is 0 Å². The highest BCUT2D eigenvalue weighted by Gasteiger charge is 2.31. The summed E-state index contributed by atoms with van der Waals surface area (Å²) in [4.78, 5) is 28.9. The van der Waals surface area contributed by atoms with Gasteiger partial charge in [0, 0.05) is 13.1 Å². The molecule has 1 atom stereocenters. The van der Waals surface area contributed by atoms with Crippen molar-refractivity contribution in [2.24, 2.45) is 5.92 Å². The SMILES string of the molecule is COC(=O)C1CCN(c2nc(N)nc3nc[nH]c23)C1. The summed E-state index contributed by atoms with van der Waals surface area (Å²) in [5.41, 5.74) is 6.95. The monoisotopic (exact) mass is 262 g/mol. The van der Waals surface area contributed by atoms with E-state index in [2.05, 4.69) is 19.9 Å². The highest BCUT2D eigenvalue weighted by Crippen LogP contribution is 2.27. The predicted octanol–water partition coefficient (Wildman–Crippen LogP) is -0.0656. The predicted molar refractivity (Wildman–Crippen MR) is 68.4 cm³/mol. The normalized spacial score (nSPS) is 19.0. The summed E-state index contributed by atoms with van der Waals surface area (Å²) in [6.07, 6.45) is 2.29. The van der Waals surface area contributed by atoms with Gasteiger partial charge in [0.15, 0.2) is 11.5 Å². The van der Waals surface area contributed by atoms with Crippen LogP contribution >= 0.6 is 0 Å². The van der Waals surface area contributed by atoms with Gasteiger partial charge in [-0.05, 0) is 6.42 Å². The molecular weight excluding hydrogens is 248 g/mol. The summed E-state index contributed by atoms with van der Waals surface area (Å²) in [5, 5.41) is 0. The van der Waals surface area contributed by atoms with Crippen LogP contribution in [0.3, 0.4) is 0 Å². The van der Waals surface area contributed by atoms with Gasteiger partial charge >= 0.3 is 5.97 Å². The van der Waals surface area contributed by atoms with Gasteiger partial charge in [-0.15, -0.1) is 0 Å². The Kier molecular flexibility index (Phi) is 2.69. The van der Waals surface area contributed by atoms with Crippen LogP contribution in [0.15, 0.2) is 6.33 Å². The minimum Gasteiger partial charge on any atom is -0.469 e. The molecule has 8 nitrogen and oxygen atoms in total. The lowest BCUT2D eigenvalue weighted by atomic mass is 10.1. The van der Waals surface area contributed by atoms with Crippen LogP contribution in [0, 0.1) is 5.92 Å². The van der Waals surface area contributed by atoms with E-state index in [1.807, 2.05) is 4.90 Å². The third kappa shape index (κ3) is 1.94. The molecule has 3 heterocycles. The Bertz CT molecular complexity index is 625. The average Bonchev–Trinajstić information content (AvgIpc) is 3.05. The van der Waals surface area contributed by atoms with E-state index in [-0.39, 0.29) is 17.8 Å². The van der Waals surface area contributed by atoms with Crippen LogP contribution in [0.4, 0.5) is 11.8 Å². The number of methoxy groups -OCH3 is 1. The molecule has 0 spiro atoms. The molecule has 1 saturated heterocycles. The number of esters is 1. The lowest BCUT2D eigenvalue weighted by Crippen LogP contribution is -2.25. The summed E-state index contributed by atoms with van der Waals surface area (Å²) in [6, 6.07) is 0. The number of aromatic amines is 1. The molecule has 2 aromatic rings. The topological polar surface area (TPSA) is 110 Å². The summed E-state index contributed by atoms with van der Waals surface area (Å²) in [7, 11) is 1.40. The minimum absolute atomic E-state index is 0.126. The number of hydrogen-bond donors (Lipinski definition) is 2. The third-order valence-corrected chi connectivity index (χ3v) is 3.31. The number of ether oxygens (including phenoxy) is 1. The molecule has 1 aliphatic rings. The first-order valence-electron chi connectivity index (χ1n) is 5.98. The Hall–Kier alpha value is -2.38. The maximum Gasteiger partial charge on any atom is 0.310 e. The molecule has 3 rings (SSSR count). The Labute approximate surface area is 109 Å². The molecular formula is C11H14N6O2. The number of imidazole rings is 1. The highest BCUT2D eigenvalue weighted by molar-refractivity contribution is 5.85. The van der Waals surface area contributed by atoms with Gasteiger partial charge < -0.3 is 20.4 Å². The molecule has 3 N–H and O–H groups in total. The molecule has 0 bridgehead atoms. The van der Waals surface area contributed by atoms with Gasteiger partial charge in [0.25, 0.3) is 0 Å². The number of rotatable bonds is 2. The lowest BCUT2D eigenvalue weighted by molar-refractivity contribution is -0.144. The molecule has 100 valence electrons. The van der Waals surface area contributed by atoms with E-state index in [9.17, 15) is 4.79 Å². The summed E-state index contributed by atoms with van der Waals surface area (Å²) >= 11 is 0. The number of carbonyl (C=O) groups is 1. The van der Waals surface area contributed by atoms with Crippen LogP contribution in [-0.2, 0) is 9.53 Å². The molecule has 1 fully saturated rings. The van der Waals surface area contributed by atoms with Gasteiger partial charge in [0.1, 0.15) is 5.52 Å². The molecule has 0 aromatic carbocycles. The Morgan fingerprint density at radius 1 is 1.58 bits per heavy atom. The Morgan fingerprint density at radius 3 is 3.21 bits per heavy atom. The van der Waals surface area contributed by atoms with Gasteiger partial charge in [0.2, 0.25) is 5.95 Å². The number of nitrogen functional groups attached to an aromatic ring is 1. The number of nitrogens with one attached hydrogen (secondary N) is 1. The molecule has 1 aliphatic heterocycles. The average molecular weight is 262 g/mol. The van der Waals surface area contributed by atoms with Crippen LogP contribution in [-0.4, -0.2) is 46.1 Å². The summed E-state index contributed by atoms with van der Waals surface area (Å²) in [6.45, 7) is 1.29. The quantitative estimate of drug-likeness (QED) is 0.729. The highest BCUT2D eigenvalue weighted by atomic mass is 16.5. The van der Waals surface area contributed by atoms with Gasteiger partial charge in [-0.1, -0.05) is 0 Å². The first-order valence-corrected chi connectivity index (χ1v) is 5.98. The van der Waals surface area contributed by atoms with E-state index >= 15 is 0 Å². The van der Waals surface area contributed by atoms with E-state index in [0.29, 0.717) is 18.0 Å². The molecule has 0 amide bonds. The van der Waals surface area contributed by atoms with E-state index in [0.717, 1.165) is 18.5 Å². The number of fused-ring (bicyclic) bond motifs is 1. The molecule has 8 heteroatoms. The van der Waals surface area contributed by atoms with Crippen LogP contribution in [0.5, 0.6) is 0 Å².